The van der Waals surface area contributed by atoms with Crippen molar-refractivity contribution in [3.63, 3.8) is 0 Å². The van der Waals surface area contributed by atoms with Crippen molar-refractivity contribution in [2.75, 3.05) is 0 Å². The summed E-state index contributed by atoms with van der Waals surface area (Å²) in [6, 6.07) is 0. The number of carbonyl (C=O) groups is 1. The molecule has 0 aliphatic heterocycles. The number of carboxylic acids is 1. The molecule has 0 aliphatic carbocycles. The number of aliphatic carboxylic acids is 1. The molecule has 0 saturated carbocycles. The average molecular weight is 338 g/mol. The summed E-state index contributed by atoms with van der Waals surface area (Å²) in [4.78, 5) is 10.3. The van der Waals surface area contributed by atoms with Gasteiger partial charge in [-0.05, 0) is 32.1 Å². The molecule has 0 aromatic carbocycles. The van der Waals surface area contributed by atoms with Gasteiger partial charge in [0.25, 0.3) is 0 Å². The van der Waals surface area contributed by atoms with Gasteiger partial charge < -0.3 is 10.2 Å². The zero-order valence-corrected chi connectivity index (χ0v) is 17.9. The Labute approximate surface area is 179 Å². The first-order valence-corrected chi connectivity index (χ1v) is 8.71. The van der Waals surface area contributed by atoms with E-state index in [-0.39, 0.29) is 57.5 Å². The standard InChI is InChI=1S/C18H34O3.K/c1-2-3-4-11-14-17(19)15-12-9-7-5-6-8-10-13-16-18(20)21;/h9,12,17,19H,2-8,10-11,13-16H2,1H3,(H,20,21);/b12-9+;/t17-;/m1./s1. The summed E-state index contributed by atoms with van der Waals surface area (Å²) in [5.74, 6) is -0.689. The minimum Gasteiger partial charge on any atom is -0.481 e. The molecular weight excluding hydrogens is 303 g/mol. The number of rotatable bonds is 15. The molecule has 4 heteroatoms. The molecule has 22 heavy (non-hydrogen) atoms. The van der Waals surface area contributed by atoms with Crippen LogP contribution in [0, 0.1) is 0 Å². The average Bonchev–Trinajstić information content (AvgIpc) is 2.45. The van der Waals surface area contributed by atoms with Gasteiger partial charge in [0.15, 0.2) is 0 Å². The minimum atomic E-state index is -0.689. The zero-order chi connectivity index (χ0) is 15.8. The van der Waals surface area contributed by atoms with Gasteiger partial charge in [-0.15, -0.1) is 0 Å². The molecule has 0 aliphatic rings. The van der Waals surface area contributed by atoms with Crippen LogP contribution >= 0.6 is 0 Å². The Morgan fingerprint density at radius 3 is 2.27 bits per heavy atom. The molecule has 0 aromatic rings. The number of allylic oxidation sites excluding steroid dienone is 1. The smallest absolute Gasteiger partial charge is 0.303 e. The number of carboxylic acid groups (broad SMARTS) is 1. The maximum absolute atomic E-state index is 10.3. The van der Waals surface area contributed by atoms with E-state index in [1.54, 1.807) is 0 Å². The van der Waals surface area contributed by atoms with E-state index in [1.165, 1.54) is 25.7 Å². The second-order valence-corrected chi connectivity index (χ2v) is 5.91. The third-order valence-electron chi connectivity index (χ3n) is 3.73. The van der Waals surface area contributed by atoms with Gasteiger partial charge in [-0.2, -0.15) is 0 Å². The van der Waals surface area contributed by atoms with Crippen LogP contribution in [0.25, 0.3) is 0 Å². The van der Waals surface area contributed by atoms with E-state index in [0.29, 0.717) is 6.42 Å². The molecule has 1 radical (unpaired) electrons. The van der Waals surface area contributed by atoms with Crippen molar-refractivity contribution in [2.24, 2.45) is 0 Å². The van der Waals surface area contributed by atoms with Crippen LogP contribution < -0.4 is 0 Å². The van der Waals surface area contributed by atoms with E-state index >= 15 is 0 Å². The van der Waals surface area contributed by atoms with Crippen LogP contribution in [-0.2, 0) is 4.79 Å². The van der Waals surface area contributed by atoms with E-state index < -0.39 is 5.97 Å². The third-order valence-corrected chi connectivity index (χ3v) is 3.73. The Kier molecular flexibility index (Phi) is 22.6. The zero-order valence-electron chi connectivity index (χ0n) is 14.7. The van der Waals surface area contributed by atoms with Crippen LogP contribution in [-0.4, -0.2) is 73.7 Å². The van der Waals surface area contributed by atoms with Gasteiger partial charge in [0.05, 0.1) is 6.10 Å². The Morgan fingerprint density at radius 2 is 1.59 bits per heavy atom. The van der Waals surface area contributed by atoms with Gasteiger partial charge in [-0.1, -0.05) is 64.0 Å². The first-order valence-electron chi connectivity index (χ1n) is 8.71. The summed E-state index contributed by atoms with van der Waals surface area (Å²) >= 11 is 0. The quantitative estimate of drug-likeness (QED) is 0.259. The molecule has 0 amide bonds. The molecule has 0 saturated heterocycles. The molecule has 0 spiro atoms. The summed E-state index contributed by atoms with van der Waals surface area (Å²) in [7, 11) is 0. The van der Waals surface area contributed by atoms with Gasteiger partial charge >= 0.3 is 5.97 Å². The number of unbranched alkanes of at least 4 members (excludes halogenated alkanes) is 8. The predicted molar refractivity (Wildman–Crippen MR) is 94.2 cm³/mol. The van der Waals surface area contributed by atoms with E-state index in [4.69, 9.17) is 5.11 Å². The fraction of sp³-hybridized carbons (Fsp3) is 0.833. The van der Waals surface area contributed by atoms with Crippen LogP contribution in [0.5, 0.6) is 0 Å². The van der Waals surface area contributed by atoms with Crippen LogP contribution in [0.4, 0.5) is 0 Å². The summed E-state index contributed by atoms with van der Waals surface area (Å²) in [6.07, 6.45) is 17.4. The van der Waals surface area contributed by atoms with E-state index in [2.05, 4.69) is 19.1 Å². The fourth-order valence-corrected chi connectivity index (χ4v) is 2.36. The molecular formula is C18H34KO3. The first-order chi connectivity index (χ1) is 10.2. The summed E-state index contributed by atoms with van der Waals surface area (Å²) in [5, 5.41) is 18.3. The van der Waals surface area contributed by atoms with Crippen molar-refractivity contribution >= 4 is 57.4 Å². The van der Waals surface area contributed by atoms with Crippen LogP contribution in [0.3, 0.4) is 0 Å². The number of hydrogen-bond donors (Lipinski definition) is 2. The molecule has 1 atom stereocenters. The molecule has 0 unspecified atom stereocenters. The van der Waals surface area contributed by atoms with Gasteiger partial charge in [-0.3, -0.25) is 4.79 Å². The Balaban J connectivity index is 0. The Hall–Kier alpha value is 0.806. The molecule has 3 nitrogen and oxygen atoms in total. The van der Waals surface area contributed by atoms with Crippen LogP contribution in [0.1, 0.15) is 90.4 Å². The number of hydrogen-bond acceptors (Lipinski definition) is 2. The van der Waals surface area contributed by atoms with Gasteiger partial charge in [-0.25, -0.2) is 0 Å². The Bertz CT molecular complexity index is 267. The molecule has 0 fully saturated rings. The monoisotopic (exact) mass is 337 g/mol. The van der Waals surface area contributed by atoms with Crippen molar-refractivity contribution in [2.45, 2.75) is 96.5 Å². The number of aliphatic hydroxyl groups excluding tert-OH is 1. The van der Waals surface area contributed by atoms with Crippen molar-refractivity contribution in [1.29, 1.82) is 0 Å². The SMILES string of the molecule is CCCCCC[C@@H](O)C/C=C/CCCCCCCC(=O)O.[K]. The molecule has 0 bridgehead atoms. The number of aliphatic hydroxyl groups is 1. The van der Waals surface area contributed by atoms with Crippen molar-refractivity contribution in [3.8, 4) is 0 Å². The fourth-order valence-electron chi connectivity index (χ4n) is 2.36. The third kappa shape index (κ3) is 20.8. The molecule has 0 rings (SSSR count). The first kappa shape index (κ1) is 25.1. The maximum atomic E-state index is 10.3. The maximum Gasteiger partial charge on any atom is 0.303 e. The second kappa shape index (κ2) is 19.9. The summed E-state index contributed by atoms with van der Waals surface area (Å²) < 4.78 is 0. The van der Waals surface area contributed by atoms with Gasteiger partial charge in [0.1, 0.15) is 0 Å². The minimum absolute atomic E-state index is 0. The predicted octanol–water partition coefficient (Wildman–Crippen LogP) is 4.70. The van der Waals surface area contributed by atoms with Crippen molar-refractivity contribution in [3.05, 3.63) is 12.2 Å². The summed E-state index contributed by atoms with van der Waals surface area (Å²) in [6.45, 7) is 2.20. The van der Waals surface area contributed by atoms with Gasteiger partial charge in [0.2, 0.25) is 0 Å². The van der Waals surface area contributed by atoms with E-state index in [0.717, 1.165) is 51.4 Å². The van der Waals surface area contributed by atoms with Crippen LogP contribution in [0.15, 0.2) is 12.2 Å². The van der Waals surface area contributed by atoms with E-state index in [1.807, 2.05) is 0 Å². The molecule has 0 heterocycles. The largest absolute Gasteiger partial charge is 0.481 e. The molecule has 0 aromatic heterocycles. The van der Waals surface area contributed by atoms with Crippen LogP contribution in [0.2, 0.25) is 0 Å². The topological polar surface area (TPSA) is 57.5 Å². The van der Waals surface area contributed by atoms with E-state index in [9.17, 15) is 9.90 Å². The van der Waals surface area contributed by atoms with Gasteiger partial charge in [0, 0.05) is 57.8 Å². The Morgan fingerprint density at radius 1 is 0.955 bits per heavy atom. The second-order valence-electron chi connectivity index (χ2n) is 5.91. The summed E-state index contributed by atoms with van der Waals surface area (Å²) in [5.41, 5.74) is 0. The molecule has 125 valence electrons. The normalized spacial score (nSPS) is 12.3. The molecule has 2 N–H and O–H groups in total. The van der Waals surface area contributed by atoms with Crippen molar-refractivity contribution < 1.29 is 15.0 Å². The van der Waals surface area contributed by atoms with Crippen molar-refractivity contribution in [1.82, 2.24) is 0 Å².